The Bertz CT molecular complexity index is 360. The molecule has 0 radical (unpaired) electrons. The highest BCUT2D eigenvalue weighted by Crippen LogP contribution is 2.11. The zero-order valence-corrected chi connectivity index (χ0v) is 8.86. The molecule has 0 unspecified atom stereocenters. The minimum atomic E-state index is -0.0190. The Balaban J connectivity index is 2.07. The van der Waals surface area contributed by atoms with Crippen molar-refractivity contribution in [2.24, 2.45) is 5.73 Å². The topological polar surface area (TPSA) is 75.0 Å². The van der Waals surface area contributed by atoms with E-state index in [1.54, 1.807) is 11.0 Å². The normalized spacial score (nSPS) is 21.7. The quantitative estimate of drug-likeness (QED) is 0.696. The van der Waals surface area contributed by atoms with E-state index in [0.29, 0.717) is 12.2 Å². The summed E-state index contributed by atoms with van der Waals surface area (Å²) in [7, 11) is 0. The molecule has 1 atom stereocenters. The smallest absolute Gasteiger partial charge is 0.274 e. The first-order chi connectivity index (χ1) is 7.16. The zero-order valence-electron chi connectivity index (χ0n) is 8.86. The molecule has 1 aliphatic heterocycles. The molecule has 1 aromatic heterocycles. The molecule has 2 rings (SSSR count). The maximum absolute atomic E-state index is 11.9. The number of aromatic nitrogens is 2. The standard InChI is InChI=1S/C10H16N4O/c1-7-5-9(13-12-7)10(15)14-4-2-3-8(11)6-14/h5,8H,2-4,6,11H2,1H3,(H,12,13)/t8-/m1/s1. The number of H-pyrrole nitrogens is 1. The van der Waals surface area contributed by atoms with Crippen molar-refractivity contribution in [1.29, 1.82) is 0 Å². The first-order valence-electron chi connectivity index (χ1n) is 5.23. The SMILES string of the molecule is Cc1cc(C(=O)N2CCC[C@@H](N)C2)n[nH]1. The van der Waals surface area contributed by atoms with Crippen LogP contribution < -0.4 is 5.73 Å². The summed E-state index contributed by atoms with van der Waals surface area (Å²) in [6.45, 7) is 3.31. The van der Waals surface area contributed by atoms with E-state index in [2.05, 4.69) is 10.2 Å². The third kappa shape index (κ3) is 2.18. The van der Waals surface area contributed by atoms with Gasteiger partial charge in [0.1, 0.15) is 5.69 Å². The maximum Gasteiger partial charge on any atom is 0.274 e. The number of aromatic amines is 1. The molecule has 15 heavy (non-hydrogen) atoms. The van der Waals surface area contributed by atoms with E-state index in [0.717, 1.165) is 25.1 Å². The van der Waals surface area contributed by atoms with Crippen LogP contribution in [0.15, 0.2) is 6.07 Å². The molecule has 1 amide bonds. The van der Waals surface area contributed by atoms with E-state index in [1.165, 1.54) is 0 Å². The molecule has 1 saturated heterocycles. The van der Waals surface area contributed by atoms with Gasteiger partial charge in [0.15, 0.2) is 0 Å². The van der Waals surface area contributed by atoms with E-state index < -0.39 is 0 Å². The Kier molecular flexibility index (Phi) is 2.73. The monoisotopic (exact) mass is 208 g/mol. The van der Waals surface area contributed by atoms with Crippen LogP contribution in [0.5, 0.6) is 0 Å². The second kappa shape index (κ2) is 4.02. The Morgan fingerprint density at radius 3 is 3.13 bits per heavy atom. The molecule has 0 bridgehead atoms. The van der Waals surface area contributed by atoms with Crippen LogP contribution in [0.1, 0.15) is 29.0 Å². The van der Waals surface area contributed by atoms with E-state index in [4.69, 9.17) is 5.73 Å². The first-order valence-corrected chi connectivity index (χ1v) is 5.23. The van der Waals surface area contributed by atoms with Gasteiger partial charge >= 0.3 is 0 Å². The number of nitrogens with one attached hydrogen (secondary N) is 1. The average molecular weight is 208 g/mol. The number of aryl methyl sites for hydroxylation is 1. The van der Waals surface area contributed by atoms with Gasteiger partial charge in [-0.15, -0.1) is 0 Å². The van der Waals surface area contributed by atoms with Crippen LogP contribution in [0.2, 0.25) is 0 Å². The van der Waals surface area contributed by atoms with Crippen molar-refractivity contribution in [3.05, 3.63) is 17.5 Å². The van der Waals surface area contributed by atoms with Crippen LogP contribution in [0.4, 0.5) is 0 Å². The molecule has 1 fully saturated rings. The molecule has 0 spiro atoms. The summed E-state index contributed by atoms with van der Waals surface area (Å²) >= 11 is 0. The van der Waals surface area contributed by atoms with E-state index in [1.807, 2.05) is 6.92 Å². The Labute approximate surface area is 88.6 Å². The molecular weight excluding hydrogens is 192 g/mol. The van der Waals surface area contributed by atoms with Gasteiger partial charge in [-0.25, -0.2) is 0 Å². The van der Waals surface area contributed by atoms with Crippen LogP contribution in [0, 0.1) is 6.92 Å². The van der Waals surface area contributed by atoms with Crippen molar-refractivity contribution in [2.45, 2.75) is 25.8 Å². The molecule has 1 aliphatic rings. The lowest BCUT2D eigenvalue weighted by Crippen LogP contribution is -2.45. The van der Waals surface area contributed by atoms with Crippen molar-refractivity contribution in [3.63, 3.8) is 0 Å². The van der Waals surface area contributed by atoms with Crippen LogP contribution in [0.3, 0.4) is 0 Å². The lowest BCUT2D eigenvalue weighted by Gasteiger charge is -2.30. The lowest BCUT2D eigenvalue weighted by molar-refractivity contribution is 0.0703. The number of carbonyl (C=O) groups is 1. The molecule has 3 N–H and O–H groups in total. The second-order valence-electron chi connectivity index (χ2n) is 4.09. The molecule has 1 aromatic rings. The van der Waals surface area contributed by atoms with Gasteiger partial charge in [0.05, 0.1) is 0 Å². The van der Waals surface area contributed by atoms with Gasteiger partial charge in [-0.1, -0.05) is 0 Å². The number of carbonyl (C=O) groups excluding carboxylic acids is 1. The number of nitrogens with zero attached hydrogens (tertiary/aromatic N) is 2. The van der Waals surface area contributed by atoms with Gasteiger partial charge in [-0.2, -0.15) is 5.10 Å². The molecule has 5 heteroatoms. The molecule has 0 aliphatic carbocycles. The molecule has 82 valence electrons. The number of rotatable bonds is 1. The number of piperidine rings is 1. The highest BCUT2D eigenvalue weighted by Gasteiger charge is 2.23. The van der Waals surface area contributed by atoms with E-state index >= 15 is 0 Å². The third-order valence-electron chi connectivity index (χ3n) is 2.67. The zero-order chi connectivity index (χ0) is 10.8. The van der Waals surface area contributed by atoms with Gasteiger partial charge in [-0.05, 0) is 25.8 Å². The Morgan fingerprint density at radius 2 is 2.53 bits per heavy atom. The summed E-state index contributed by atoms with van der Waals surface area (Å²) in [5.41, 5.74) is 7.21. The summed E-state index contributed by atoms with van der Waals surface area (Å²) in [5.74, 6) is -0.0190. The average Bonchev–Trinajstić information content (AvgIpc) is 2.64. The van der Waals surface area contributed by atoms with Gasteiger partial charge in [0.25, 0.3) is 5.91 Å². The van der Waals surface area contributed by atoms with Crippen LogP contribution in [-0.4, -0.2) is 40.1 Å². The second-order valence-corrected chi connectivity index (χ2v) is 4.09. The number of hydrogen-bond acceptors (Lipinski definition) is 3. The number of hydrogen-bond donors (Lipinski definition) is 2. The maximum atomic E-state index is 11.9. The van der Waals surface area contributed by atoms with Crippen molar-refractivity contribution < 1.29 is 4.79 Å². The minimum Gasteiger partial charge on any atom is -0.336 e. The predicted octanol–water partition coefficient (Wildman–Crippen LogP) is 0.281. The summed E-state index contributed by atoms with van der Waals surface area (Å²) in [6, 6.07) is 1.88. The van der Waals surface area contributed by atoms with Gasteiger partial charge in [0.2, 0.25) is 0 Å². The number of amides is 1. The van der Waals surface area contributed by atoms with Crippen molar-refractivity contribution in [2.75, 3.05) is 13.1 Å². The van der Waals surface area contributed by atoms with Crippen LogP contribution in [0.25, 0.3) is 0 Å². The molecule has 2 heterocycles. The Morgan fingerprint density at radius 1 is 1.73 bits per heavy atom. The Hall–Kier alpha value is -1.36. The van der Waals surface area contributed by atoms with E-state index in [9.17, 15) is 4.79 Å². The molecule has 5 nitrogen and oxygen atoms in total. The summed E-state index contributed by atoms with van der Waals surface area (Å²) < 4.78 is 0. The largest absolute Gasteiger partial charge is 0.336 e. The van der Waals surface area contributed by atoms with Gasteiger partial charge in [-0.3, -0.25) is 9.89 Å². The summed E-state index contributed by atoms with van der Waals surface area (Å²) in [6.07, 6.45) is 1.99. The van der Waals surface area contributed by atoms with Crippen molar-refractivity contribution in [1.82, 2.24) is 15.1 Å². The van der Waals surface area contributed by atoms with Crippen molar-refractivity contribution >= 4 is 5.91 Å². The fourth-order valence-corrected chi connectivity index (χ4v) is 1.88. The third-order valence-corrected chi connectivity index (χ3v) is 2.67. The molecule has 0 saturated carbocycles. The number of nitrogens with two attached hydrogens (primary N) is 1. The van der Waals surface area contributed by atoms with Crippen LogP contribution in [-0.2, 0) is 0 Å². The minimum absolute atomic E-state index is 0.0190. The van der Waals surface area contributed by atoms with E-state index in [-0.39, 0.29) is 11.9 Å². The summed E-state index contributed by atoms with van der Waals surface area (Å²) in [5, 5.41) is 6.73. The predicted molar refractivity (Wildman–Crippen MR) is 56.4 cm³/mol. The van der Waals surface area contributed by atoms with Gasteiger partial charge < -0.3 is 10.6 Å². The highest BCUT2D eigenvalue weighted by atomic mass is 16.2. The molecular formula is C10H16N4O. The number of likely N-dealkylation sites (tertiary alicyclic amines) is 1. The van der Waals surface area contributed by atoms with Gasteiger partial charge in [0, 0.05) is 24.8 Å². The van der Waals surface area contributed by atoms with Crippen molar-refractivity contribution in [3.8, 4) is 0 Å². The fourth-order valence-electron chi connectivity index (χ4n) is 1.88. The van der Waals surface area contributed by atoms with Crippen LogP contribution >= 0.6 is 0 Å². The highest BCUT2D eigenvalue weighted by molar-refractivity contribution is 5.92. The fraction of sp³-hybridized carbons (Fsp3) is 0.600. The summed E-state index contributed by atoms with van der Waals surface area (Å²) in [4.78, 5) is 13.7. The molecule has 0 aromatic carbocycles. The lowest BCUT2D eigenvalue weighted by atomic mass is 10.1. The first kappa shape index (κ1) is 10.2.